The molecule has 0 aliphatic carbocycles. The topological polar surface area (TPSA) is 65.0 Å². The number of carbonyl (C=O) groups excluding carboxylic acids is 2. The van der Waals surface area contributed by atoms with E-state index in [9.17, 15) is 9.59 Å². The summed E-state index contributed by atoms with van der Waals surface area (Å²) in [4.78, 5) is 31.4. The Kier molecular flexibility index (Phi) is 5.20. The fourth-order valence-corrected chi connectivity index (χ4v) is 2.97. The molecule has 1 aromatic heterocycles. The van der Waals surface area contributed by atoms with Gasteiger partial charge in [0.1, 0.15) is 5.70 Å². The zero-order chi connectivity index (χ0) is 14.8. The lowest BCUT2D eigenvalue weighted by atomic mass is 10.3. The van der Waals surface area contributed by atoms with Crippen LogP contribution in [-0.4, -0.2) is 53.8 Å². The number of aliphatic imine (C=N–C) groups is 1. The molecule has 1 N–H and O–H groups in total. The average Bonchev–Trinajstić information content (AvgIpc) is 3.10. The van der Waals surface area contributed by atoms with Gasteiger partial charge in [-0.1, -0.05) is 0 Å². The zero-order valence-corrected chi connectivity index (χ0v) is 13.7. The summed E-state index contributed by atoms with van der Waals surface area (Å²) in [5, 5.41) is 6.73. The number of piperazine rings is 1. The lowest BCUT2D eigenvalue weighted by molar-refractivity contribution is -0.130. The molecule has 0 saturated carbocycles. The minimum atomic E-state index is -0.176. The van der Waals surface area contributed by atoms with E-state index in [4.69, 9.17) is 0 Å². The van der Waals surface area contributed by atoms with E-state index in [0.717, 1.165) is 5.56 Å². The molecule has 1 aromatic rings. The van der Waals surface area contributed by atoms with Crippen LogP contribution >= 0.6 is 23.7 Å². The number of guanidine groups is 1. The van der Waals surface area contributed by atoms with Crippen LogP contribution in [0.25, 0.3) is 6.08 Å². The van der Waals surface area contributed by atoms with Crippen LogP contribution in [0.4, 0.5) is 0 Å². The van der Waals surface area contributed by atoms with Crippen LogP contribution in [0.2, 0.25) is 0 Å². The van der Waals surface area contributed by atoms with E-state index in [2.05, 4.69) is 10.3 Å². The second kappa shape index (κ2) is 6.93. The van der Waals surface area contributed by atoms with Crippen molar-refractivity contribution < 1.29 is 9.59 Å². The van der Waals surface area contributed by atoms with E-state index in [-0.39, 0.29) is 24.2 Å². The Morgan fingerprint density at radius 2 is 2.09 bits per heavy atom. The van der Waals surface area contributed by atoms with Crippen molar-refractivity contribution in [2.45, 2.75) is 6.92 Å². The smallest absolute Gasteiger partial charge is 0.276 e. The second-order valence-electron chi connectivity index (χ2n) is 4.97. The first kappa shape index (κ1) is 16.5. The Morgan fingerprint density at radius 1 is 1.36 bits per heavy atom. The molecule has 6 nitrogen and oxygen atoms in total. The van der Waals surface area contributed by atoms with Crippen molar-refractivity contribution in [1.82, 2.24) is 15.1 Å². The highest BCUT2D eigenvalue weighted by molar-refractivity contribution is 7.08. The van der Waals surface area contributed by atoms with Gasteiger partial charge in [-0.3, -0.25) is 14.9 Å². The standard InChI is InChI=1S/C14H16N4O2S.ClH/c1-10(19)17-3-5-18(6-4-17)14-15-12(13(20)16-14)8-11-2-7-21-9-11;/h2,7-9H,3-6H2,1H3,(H,15,16,20);1H/b12-8-;. The first-order valence-corrected chi connectivity index (χ1v) is 7.72. The molecule has 2 aliphatic rings. The molecule has 0 atom stereocenters. The van der Waals surface area contributed by atoms with Crippen molar-refractivity contribution >= 4 is 47.6 Å². The van der Waals surface area contributed by atoms with Crippen LogP contribution in [0.1, 0.15) is 12.5 Å². The van der Waals surface area contributed by atoms with Crippen LogP contribution < -0.4 is 5.32 Å². The lowest BCUT2D eigenvalue weighted by Gasteiger charge is -2.34. The quantitative estimate of drug-likeness (QED) is 0.780. The van der Waals surface area contributed by atoms with E-state index in [0.29, 0.717) is 37.8 Å². The number of nitrogens with zero attached hydrogens (tertiary/aromatic N) is 3. The molecule has 3 rings (SSSR count). The summed E-state index contributed by atoms with van der Waals surface area (Å²) in [6, 6.07) is 1.95. The Balaban J connectivity index is 0.00000176. The summed E-state index contributed by atoms with van der Waals surface area (Å²) < 4.78 is 0. The summed E-state index contributed by atoms with van der Waals surface area (Å²) in [5.41, 5.74) is 1.41. The van der Waals surface area contributed by atoms with Gasteiger partial charge in [0, 0.05) is 33.1 Å². The van der Waals surface area contributed by atoms with Gasteiger partial charge in [0.25, 0.3) is 5.91 Å². The van der Waals surface area contributed by atoms with Gasteiger partial charge in [0.2, 0.25) is 11.9 Å². The zero-order valence-electron chi connectivity index (χ0n) is 12.1. The summed E-state index contributed by atoms with van der Waals surface area (Å²) in [6.45, 7) is 4.27. The maximum Gasteiger partial charge on any atom is 0.276 e. The fraction of sp³-hybridized carbons (Fsp3) is 0.357. The molecule has 3 heterocycles. The van der Waals surface area contributed by atoms with E-state index in [1.807, 2.05) is 21.7 Å². The van der Waals surface area contributed by atoms with Crippen LogP contribution in [-0.2, 0) is 9.59 Å². The number of thiophene rings is 1. The molecule has 22 heavy (non-hydrogen) atoms. The highest BCUT2D eigenvalue weighted by Crippen LogP contribution is 2.16. The van der Waals surface area contributed by atoms with Gasteiger partial charge in [0.15, 0.2) is 0 Å². The van der Waals surface area contributed by atoms with Gasteiger partial charge < -0.3 is 9.80 Å². The molecule has 1 fully saturated rings. The molecule has 0 spiro atoms. The first-order chi connectivity index (χ1) is 10.1. The van der Waals surface area contributed by atoms with Crippen molar-refractivity contribution in [3.63, 3.8) is 0 Å². The average molecular weight is 341 g/mol. The highest BCUT2D eigenvalue weighted by atomic mass is 35.5. The summed E-state index contributed by atoms with van der Waals surface area (Å²) in [5.74, 6) is 0.500. The predicted molar refractivity (Wildman–Crippen MR) is 88.9 cm³/mol. The lowest BCUT2D eigenvalue weighted by Crippen LogP contribution is -2.52. The normalized spacial score (nSPS) is 19.8. The van der Waals surface area contributed by atoms with Gasteiger partial charge in [-0.15, -0.1) is 12.4 Å². The number of hydrogen-bond acceptors (Lipinski definition) is 5. The molecule has 0 aromatic carbocycles. The van der Waals surface area contributed by atoms with Crippen LogP contribution in [0.5, 0.6) is 0 Å². The first-order valence-electron chi connectivity index (χ1n) is 6.78. The largest absolute Gasteiger partial charge is 0.339 e. The highest BCUT2D eigenvalue weighted by Gasteiger charge is 2.27. The maximum atomic E-state index is 11.9. The number of amides is 2. The van der Waals surface area contributed by atoms with E-state index in [1.165, 1.54) is 0 Å². The van der Waals surface area contributed by atoms with Gasteiger partial charge in [0.05, 0.1) is 0 Å². The second-order valence-corrected chi connectivity index (χ2v) is 5.75. The molecule has 1 saturated heterocycles. The molecule has 2 aliphatic heterocycles. The molecular formula is C14H17ClN4O2S. The number of rotatable bonds is 1. The van der Waals surface area contributed by atoms with Gasteiger partial charge in [-0.25, -0.2) is 4.99 Å². The van der Waals surface area contributed by atoms with E-state index < -0.39 is 0 Å². The van der Waals surface area contributed by atoms with E-state index >= 15 is 0 Å². The number of halogens is 1. The molecule has 2 amide bonds. The van der Waals surface area contributed by atoms with Gasteiger partial charge in [-0.05, 0) is 28.5 Å². The van der Waals surface area contributed by atoms with Gasteiger partial charge >= 0.3 is 0 Å². The van der Waals surface area contributed by atoms with Crippen molar-refractivity contribution in [1.29, 1.82) is 0 Å². The summed E-state index contributed by atoms with van der Waals surface area (Å²) in [6.07, 6.45) is 1.78. The van der Waals surface area contributed by atoms with Gasteiger partial charge in [-0.2, -0.15) is 11.3 Å². The van der Waals surface area contributed by atoms with Crippen LogP contribution in [0.15, 0.2) is 27.5 Å². The van der Waals surface area contributed by atoms with Crippen LogP contribution in [0, 0.1) is 0 Å². The molecular weight excluding hydrogens is 324 g/mol. The Labute approximate surface area is 138 Å². The molecule has 0 bridgehead atoms. The SMILES string of the molecule is CC(=O)N1CCN(C2=N/C(=C\c3ccsc3)C(=O)N2)CC1.Cl. The third-order valence-electron chi connectivity index (χ3n) is 3.56. The maximum absolute atomic E-state index is 11.9. The molecule has 118 valence electrons. The molecule has 0 radical (unpaired) electrons. The third kappa shape index (κ3) is 3.48. The molecule has 8 heteroatoms. The number of hydrogen-bond donors (Lipinski definition) is 1. The third-order valence-corrected chi connectivity index (χ3v) is 4.26. The number of carbonyl (C=O) groups is 2. The number of nitrogens with one attached hydrogen (secondary N) is 1. The summed E-state index contributed by atoms with van der Waals surface area (Å²) >= 11 is 1.58. The Bertz CT molecular complexity index is 619. The van der Waals surface area contributed by atoms with Crippen molar-refractivity contribution in [2.75, 3.05) is 26.2 Å². The monoisotopic (exact) mass is 340 g/mol. The van der Waals surface area contributed by atoms with Crippen molar-refractivity contribution in [2.24, 2.45) is 4.99 Å². The Hall–Kier alpha value is -1.86. The van der Waals surface area contributed by atoms with Crippen molar-refractivity contribution in [3.05, 3.63) is 28.1 Å². The minimum absolute atomic E-state index is 0. The Morgan fingerprint density at radius 3 is 2.68 bits per heavy atom. The van der Waals surface area contributed by atoms with E-state index in [1.54, 1.807) is 29.2 Å². The minimum Gasteiger partial charge on any atom is -0.339 e. The summed E-state index contributed by atoms with van der Waals surface area (Å²) in [7, 11) is 0. The van der Waals surface area contributed by atoms with Crippen LogP contribution in [0.3, 0.4) is 0 Å². The van der Waals surface area contributed by atoms with Crippen molar-refractivity contribution in [3.8, 4) is 0 Å². The fourth-order valence-electron chi connectivity index (χ4n) is 2.35. The predicted octanol–water partition coefficient (Wildman–Crippen LogP) is 1.16. The molecule has 0 unspecified atom stereocenters.